The van der Waals surface area contributed by atoms with Crippen molar-refractivity contribution in [1.82, 2.24) is 14.8 Å². The van der Waals surface area contributed by atoms with Crippen LogP contribution in [0.4, 0.5) is 5.69 Å². The quantitative estimate of drug-likeness (QED) is 0.402. The van der Waals surface area contributed by atoms with Gasteiger partial charge < -0.3 is 5.32 Å². The number of aryl methyl sites for hydroxylation is 3. The lowest BCUT2D eigenvalue weighted by Crippen LogP contribution is -2.19. The van der Waals surface area contributed by atoms with Crippen LogP contribution in [0.3, 0.4) is 0 Å². The minimum atomic E-state index is -0.479. The number of aromatic nitrogens is 3. The van der Waals surface area contributed by atoms with Crippen LogP contribution in [-0.4, -0.2) is 20.7 Å². The molecule has 0 bridgehead atoms. The van der Waals surface area contributed by atoms with E-state index >= 15 is 0 Å². The number of carbonyl (C=O) groups excluding carboxylic acids is 1. The van der Waals surface area contributed by atoms with Crippen molar-refractivity contribution in [2.75, 3.05) is 5.32 Å². The molecule has 0 saturated carbocycles. The standard InChI is InChI=1S/C25H24N4OS/c1-17-14-18(2)16-21(15-17)26-24(30)23(20-10-6-4-7-11-20)31-25-28-27-19(3)29(25)22-12-8-5-9-13-22/h4-16,23H,1-3H3,(H,26,30). The molecule has 0 aliphatic carbocycles. The van der Waals surface area contributed by atoms with E-state index in [9.17, 15) is 4.79 Å². The van der Waals surface area contributed by atoms with Gasteiger partial charge in [0.25, 0.3) is 0 Å². The van der Waals surface area contributed by atoms with E-state index < -0.39 is 5.25 Å². The fourth-order valence-corrected chi connectivity index (χ4v) is 4.66. The van der Waals surface area contributed by atoms with E-state index in [-0.39, 0.29) is 5.91 Å². The molecule has 0 saturated heterocycles. The molecule has 4 aromatic rings. The Bertz CT molecular complexity index is 1170. The second-order valence-electron chi connectivity index (χ2n) is 7.47. The van der Waals surface area contributed by atoms with Crippen molar-refractivity contribution >= 4 is 23.4 Å². The Balaban J connectivity index is 1.68. The van der Waals surface area contributed by atoms with Gasteiger partial charge in [-0.25, -0.2) is 0 Å². The molecule has 0 aliphatic rings. The molecule has 0 spiro atoms. The van der Waals surface area contributed by atoms with Crippen LogP contribution in [0.15, 0.2) is 84.0 Å². The third-order valence-electron chi connectivity index (χ3n) is 4.86. The van der Waals surface area contributed by atoms with Crippen molar-refractivity contribution in [3.8, 4) is 5.69 Å². The maximum absolute atomic E-state index is 13.4. The summed E-state index contributed by atoms with van der Waals surface area (Å²) in [6, 6.07) is 25.8. The van der Waals surface area contributed by atoms with Crippen LogP contribution in [-0.2, 0) is 4.79 Å². The lowest BCUT2D eigenvalue weighted by molar-refractivity contribution is -0.115. The normalized spacial score (nSPS) is 11.8. The number of anilines is 1. The Morgan fingerprint density at radius 3 is 2.13 bits per heavy atom. The average molecular weight is 429 g/mol. The van der Waals surface area contributed by atoms with E-state index in [4.69, 9.17) is 0 Å². The first kappa shape index (κ1) is 20.9. The molecule has 5 nitrogen and oxygen atoms in total. The number of amides is 1. The van der Waals surface area contributed by atoms with Gasteiger partial charge in [0.05, 0.1) is 0 Å². The van der Waals surface area contributed by atoms with Crippen molar-refractivity contribution in [3.05, 3.63) is 101 Å². The van der Waals surface area contributed by atoms with Gasteiger partial charge in [0.1, 0.15) is 11.1 Å². The van der Waals surface area contributed by atoms with E-state index in [1.807, 2.05) is 98.1 Å². The minimum absolute atomic E-state index is 0.0959. The molecule has 1 N–H and O–H groups in total. The molecule has 156 valence electrons. The van der Waals surface area contributed by atoms with Gasteiger partial charge in [0, 0.05) is 11.4 Å². The summed E-state index contributed by atoms with van der Waals surface area (Å²) in [4.78, 5) is 13.4. The number of para-hydroxylation sites is 1. The molecule has 1 heterocycles. The molecule has 31 heavy (non-hydrogen) atoms. The van der Waals surface area contributed by atoms with Gasteiger partial charge in [-0.15, -0.1) is 10.2 Å². The lowest BCUT2D eigenvalue weighted by atomic mass is 10.1. The molecule has 6 heteroatoms. The number of benzene rings is 3. The van der Waals surface area contributed by atoms with Crippen LogP contribution < -0.4 is 5.32 Å². The van der Waals surface area contributed by atoms with Gasteiger partial charge in [-0.2, -0.15) is 0 Å². The fourth-order valence-electron chi connectivity index (χ4n) is 3.55. The fraction of sp³-hybridized carbons (Fsp3) is 0.160. The zero-order chi connectivity index (χ0) is 21.8. The van der Waals surface area contributed by atoms with Gasteiger partial charge >= 0.3 is 0 Å². The zero-order valence-corrected chi connectivity index (χ0v) is 18.6. The molecule has 1 unspecified atom stereocenters. The number of nitrogens with zero attached hydrogens (tertiary/aromatic N) is 3. The highest BCUT2D eigenvalue weighted by Crippen LogP contribution is 2.36. The SMILES string of the molecule is Cc1cc(C)cc(NC(=O)C(Sc2nnc(C)n2-c2ccccc2)c2ccccc2)c1. The first-order chi connectivity index (χ1) is 15.0. The third-order valence-corrected chi connectivity index (χ3v) is 6.06. The molecule has 4 rings (SSSR count). The van der Waals surface area contributed by atoms with Crippen LogP contribution in [0.25, 0.3) is 5.69 Å². The zero-order valence-electron chi connectivity index (χ0n) is 17.7. The number of hydrogen-bond donors (Lipinski definition) is 1. The van der Waals surface area contributed by atoms with Crippen LogP contribution >= 0.6 is 11.8 Å². The second-order valence-corrected chi connectivity index (χ2v) is 8.55. The summed E-state index contributed by atoms with van der Waals surface area (Å²) in [6.07, 6.45) is 0. The largest absolute Gasteiger partial charge is 0.325 e. The highest BCUT2D eigenvalue weighted by molar-refractivity contribution is 8.00. The highest BCUT2D eigenvalue weighted by Gasteiger charge is 2.26. The monoisotopic (exact) mass is 428 g/mol. The van der Waals surface area contributed by atoms with Crippen molar-refractivity contribution in [1.29, 1.82) is 0 Å². The predicted molar refractivity (Wildman–Crippen MR) is 126 cm³/mol. The topological polar surface area (TPSA) is 59.8 Å². The average Bonchev–Trinajstić information content (AvgIpc) is 3.12. The summed E-state index contributed by atoms with van der Waals surface area (Å²) in [6.45, 7) is 5.96. The Morgan fingerprint density at radius 1 is 0.871 bits per heavy atom. The predicted octanol–water partition coefficient (Wildman–Crippen LogP) is 5.66. The van der Waals surface area contributed by atoms with Crippen molar-refractivity contribution < 1.29 is 4.79 Å². The molecule has 0 aliphatic heterocycles. The van der Waals surface area contributed by atoms with Crippen LogP contribution in [0.5, 0.6) is 0 Å². The van der Waals surface area contributed by atoms with Gasteiger partial charge in [-0.05, 0) is 61.7 Å². The summed E-state index contributed by atoms with van der Waals surface area (Å²) in [7, 11) is 0. The Kier molecular flexibility index (Phi) is 6.18. The molecular formula is C25H24N4OS. The van der Waals surface area contributed by atoms with Crippen molar-refractivity contribution in [3.63, 3.8) is 0 Å². The van der Waals surface area contributed by atoms with Gasteiger partial charge in [0.15, 0.2) is 5.16 Å². The Labute approximate surface area is 186 Å². The molecule has 0 radical (unpaired) electrons. The molecule has 1 amide bonds. The summed E-state index contributed by atoms with van der Waals surface area (Å²) >= 11 is 1.40. The molecular weight excluding hydrogens is 404 g/mol. The summed E-state index contributed by atoms with van der Waals surface area (Å²) in [5, 5.41) is 11.9. The number of nitrogens with one attached hydrogen (secondary N) is 1. The minimum Gasteiger partial charge on any atom is -0.325 e. The van der Waals surface area contributed by atoms with Crippen molar-refractivity contribution in [2.24, 2.45) is 0 Å². The highest BCUT2D eigenvalue weighted by atomic mass is 32.2. The number of carbonyl (C=O) groups is 1. The van der Waals surface area contributed by atoms with Gasteiger partial charge in [-0.1, -0.05) is 66.4 Å². The lowest BCUT2D eigenvalue weighted by Gasteiger charge is -2.18. The van der Waals surface area contributed by atoms with E-state index in [0.717, 1.165) is 33.9 Å². The van der Waals surface area contributed by atoms with E-state index in [0.29, 0.717) is 5.16 Å². The van der Waals surface area contributed by atoms with Crippen LogP contribution in [0.1, 0.15) is 27.8 Å². The summed E-state index contributed by atoms with van der Waals surface area (Å²) < 4.78 is 1.98. The number of rotatable bonds is 6. The maximum Gasteiger partial charge on any atom is 0.242 e. The van der Waals surface area contributed by atoms with E-state index in [1.165, 1.54) is 11.8 Å². The molecule has 0 fully saturated rings. The Hall–Kier alpha value is -3.38. The van der Waals surface area contributed by atoms with E-state index in [2.05, 4.69) is 21.6 Å². The molecule has 1 aromatic heterocycles. The first-order valence-corrected chi connectivity index (χ1v) is 11.0. The first-order valence-electron chi connectivity index (χ1n) is 10.1. The number of thioether (sulfide) groups is 1. The van der Waals surface area contributed by atoms with E-state index in [1.54, 1.807) is 0 Å². The Morgan fingerprint density at radius 2 is 1.48 bits per heavy atom. The number of hydrogen-bond acceptors (Lipinski definition) is 4. The maximum atomic E-state index is 13.4. The van der Waals surface area contributed by atoms with Gasteiger partial charge in [0.2, 0.25) is 5.91 Å². The summed E-state index contributed by atoms with van der Waals surface area (Å²) in [5.41, 5.74) is 4.89. The van der Waals surface area contributed by atoms with Crippen molar-refractivity contribution in [2.45, 2.75) is 31.2 Å². The third kappa shape index (κ3) is 4.86. The molecule has 1 atom stereocenters. The molecule has 3 aromatic carbocycles. The van der Waals surface area contributed by atoms with Gasteiger partial charge in [-0.3, -0.25) is 9.36 Å². The smallest absolute Gasteiger partial charge is 0.242 e. The second kappa shape index (κ2) is 9.18. The summed E-state index contributed by atoms with van der Waals surface area (Å²) in [5.74, 6) is 0.677. The van der Waals surface area contributed by atoms with Crippen LogP contribution in [0.2, 0.25) is 0 Å². The van der Waals surface area contributed by atoms with Crippen LogP contribution in [0, 0.1) is 20.8 Å².